The Morgan fingerprint density at radius 1 is 0.486 bits per heavy atom. The first-order chi connectivity index (χ1) is 33.8. The summed E-state index contributed by atoms with van der Waals surface area (Å²) in [7, 11) is 0. The van der Waals surface area contributed by atoms with E-state index in [-0.39, 0.29) is 39.3 Å². The first-order valence-corrected chi connectivity index (χ1v) is 28.6. The van der Waals surface area contributed by atoms with E-state index in [0.29, 0.717) is 0 Å². The molecule has 0 fully saturated rings. The van der Waals surface area contributed by atoms with Crippen molar-refractivity contribution in [2.75, 3.05) is 4.81 Å². The fourth-order valence-electron chi connectivity index (χ4n) is 14.3. The smallest absolute Gasteiger partial charge is 0.333 e. The molecule has 0 bridgehead atoms. The molecular weight excluding hydrogens is 908 g/mol. The summed E-state index contributed by atoms with van der Waals surface area (Å²) in [5, 5.41) is 8.28. The fraction of sp³-hybridized carbons (Fsp3) is 0.373. The SMILES string of the molecule is Cc1cc2c(cc1N1B3c4c(cc5c(sc6ccccc65)c4-c4c1ccc1sc5cc6c(cc5c41)C(C)(C)CCC6(C)C)-n1c4ccc(C(C)(C)C)cc4c4cc(C(C)(C)C)cc3c41)C(C)(C)CCC2(C)C. The number of benzene rings is 7. The molecular formula is C67H69BN2S2. The monoisotopic (exact) mass is 976 g/mol. The van der Waals surface area contributed by atoms with Crippen LogP contribution in [0.4, 0.5) is 11.4 Å². The van der Waals surface area contributed by atoms with E-state index in [1.54, 1.807) is 0 Å². The van der Waals surface area contributed by atoms with E-state index in [0.717, 1.165) is 0 Å². The van der Waals surface area contributed by atoms with Gasteiger partial charge in [-0.05, 0) is 176 Å². The zero-order valence-corrected chi connectivity index (χ0v) is 47.0. The predicted molar refractivity (Wildman–Crippen MR) is 318 cm³/mol. The lowest BCUT2D eigenvalue weighted by molar-refractivity contribution is 0.332. The average Bonchev–Trinajstić information content (AvgIpc) is 3.99. The second-order valence-electron chi connectivity index (χ2n) is 27.5. The number of hydrogen-bond donors (Lipinski definition) is 0. The lowest BCUT2D eigenvalue weighted by Crippen LogP contribution is -2.61. The Morgan fingerprint density at radius 2 is 1.11 bits per heavy atom. The summed E-state index contributed by atoms with van der Waals surface area (Å²) >= 11 is 4.02. The second-order valence-corrected chi connectivity index (χ2v) is 29.6. The van der Waals surface area contributed by atoms with Crippen molar-refractivity contribution in [3.63, 3.8) is 0 Å². The Labute approximate surface area is 435 Å². The van der Waals surface area contributed by atoms with Gasteiger partial charge in [0.2, 0.25) is 0 Å². The van der Waals surface area contributed by atoms with Crippen LogP contribution < -0.4 is 15.7 Å². The lowest BCUT2D eigenvalue weighted by atomic mass is 9.43. The highest BCUT2D eigenvalue weighted by molar-refractivity contribution is 7.27. The van der Waals surface area contributed by atoms with E-state index in [9.17, 15) is 0 Å². The molecule has 5 heteroatoms. The maximum absolute atomic E-state index is 2.88. The lowest BCUT2D eigenvalue weighted by Gasteiger charge is -2.46. The zero-order chi connectivity index (χ0) is 50.3. The van der Waals surface area contributed by atoms with E-state index in [1.165, 1.54) is 166 Å². The van der Waals surface area contributed by atoms with E-state index < -0.39 is 0 Å². The first kappa shape index (κ1) is 45.3. The topological polar surface area (TPSA) is 8.17 Å². The molecule has 0 saturated heterocycles. The molecule has 4 aliphatic rings. The van der Waals surface area contributed by atoms with Gasteiger partial charge < -0.3 is 9.38 Å². The third kappa shape index (κ3) is 5.96. The van der Waals surface area contributed by atoms with E-state index in [1.807, 2.05) is 22.7 Å². The van der Waals surface area contributed by atoms with Crippen molar-refractivity contribution in [2.24, 2.45) is 0 Å². The third-order valence-corrected chi connectivity index (χ3v) is 21.2. The van der Waals surface area contributed by atoms with E-state index in [4.69, 9.17) is 0 Å². The molecule has 2 aliphatic heterocycles. The number of nitrogens with zero attached hydrogens (tertiary/aromatic N) is 2. The standard InChI is InChI=1S/C67H69BN2S2/c1-36-28-44-46(66(12,13)26-24-64(44,8)9)34-51(36)70-50-22-23-54-56(43-32-45-47(35-55(43)71-54)67(14,15)27-25-65(45,10)11)57(50)58-59-52(33-42-39-18-16-17-19-53(39)72-61(42)58)69-49-21-20-37(62(2,3)4)29-40(49)41-30-38(63(5,6)7)31-48(60(41)69)68(59)70/h16-23,28-35H,24-27H2,1-15H3. The van der Waals surface area contributed by atoms with Crippen LogP contribution in [0.1, 0.15) is 162 Å². The molecule has 14 rings (SSSR count). The Bertz CT molecular complexity index is 4090. The van der Waals surface area contributed by atoms with Crippen molar-refractivity contribution < 1.29 is 0 Å². The zero-order valence-electron chi connectivity index (χ0n) is 45.4. The molecule has 3 aromatic heterocycles. The van der Waals surface area contributed by atoms with Crippen molar-refractivity contribution in [3.8, 4) is 16.8 Å². The first-order valence-electron chi connectivity index (χ1n) is 27.0. The molecule has 0 unspecified atom stereocenters. The Hall–Kier alpha value is -5.36. The molecule has 0 atom stereocenters. The third-order valence-electron chi connectivity index (χ3n) is 18.9. The number of hydrogen-bond acceptors (Lipinski definition) is 3. The molecule has 0 amide bonds. The highest BCUT2D eigenvalue weighted by atomic mass is 32.1. The van der Waals surface area contributed by atoms with Crippen LogP contribution in [-0.4, -0.2) is 11.4 Å². The van der Waals surface area contributed by atoms with Gasteiger partial charge in [-0.3, -0.25) is 0 Å². The van der Waals surface area contributed by atoms with Gasteiger partial charge in [-0.25, -0.2) is 0 Å². The van der Waals surface area contributed by atoms with E-state index >= 15 is 0 Å². The van der Waals surface area contributed by atoms with Gasteiger partial charge in [0.25, 0.3) is 0 Å². The van der Waals surface area contributed by atoms with Gasteiger partial charge in [0.15, 0.2) is 0 Å². The van der Waals surface area contributed by atoms with Gasteiger partial charge in [-0.15, -0.1) is 22.7 Å². The molecule has 2 nitrogen and oxygen atoms in total. The van der Waals surface area contributed by atoms with Crippen LogP contribution in [0.3, 0.4) is 0 Å². The number of anilines is 2. The normalized spacial score (nSPS) is 18.4. The summed E-state index contributed by atoms with van der Waals surface area (Å²) in [4.78, 5) is 2.88. The number of thiophene rings is 2. The minimum absolute atomic E-state index is 0.00913. The molecule has 2 aliphatic carbocycles. The van der Waals surface area contributed by atoms with Gasteiger partial charge in [0.1, 0.15) is 0 Å². The molecule has 0 saturated carbocycles. The Balaban J connectivity index is 1.22. The average molecular weight is 977 g/mol. The maximum atomic E-state index is 2.88. The summed E-state index contributed by atoms with van der Waals surface area (Å²) in [5.41, 5.74) is 22.9. The molecule has 362 valence electrons. The van der Waals surface area contributed by atoms with Crippen LogP contribution in [0.15, 0.2) is 97.1 Å². The summed E-state index contributed by atoms with van der Waals surface area (Å²) in [5.74, 6) is 0. The fourth-order valence-corrected chi connectivity index (χ4v) is 16.7. The van der Waals surface area contributed by atoms with Gasteiger partial charge in [0, 0.05) is 79.3 Å². The highest BCUT2D eigenvalue weighted by Gasteiger charge is 2.48. The second kappa shape index (κ2) is 14.1. The van der Waals surface area contributed by atoms with Crippen molar-refractivity contribution >= 4 is 114 Å². The maximum Gasteiger partial charge on any atom is 0.333 e. The number of fused-ring (bicyclic) bond motifs is 17. The van der Waals surface area contributed by atoms with Crippen LogP contribution in [0.5, 0.6) is 0 Å². The predicted octanol–water partition coefficient (Wildman–Crippen LogP) is 18.4. The van der Waals surface area contributed by atoms with Gasteiger partial charge in [-0.1, -0.05) is 133 Å². The van der Waals surface area contributed by atoms with Crippen molar-refractivity contribution in [1.29, 1.82) is 0 Å². The van der Waals surface area contributed by atoms with Crippen molar-refractivity contribution in [1.82, 2.24) is 4.57 Å². The van der Waals surface area contributed by atoms with Crippen molar-refractivity contribution in [2.45, 2.75) is 162 Å². The Morgan fingerprint density at radius 3 is 1.79 bits per heavy atom. The molecule has 10 aromatic rings. The molecule has 0 radical (unpaired) electrons. The van der Waals surface area contributed by atoms with Crippen LogP contribution in [0, 0.1) is 6.92 Å². The minimum atomic E-state index is -0.0767. The van der Waals surface area contributed by atoms with Gasteiger partial charge in [0.05, 0.1) is 11.0 Å². The van der Waals surface area contributed by atoms with Crippen LogP contribution in [0.25, 0.3) is 79.0 Å². The summed E-state index contributed by atoms with van der Waals surface area (Å²) in [6.07, 6.45) is 4.78. The molecule has 0 spiro atoms. The number of rotatable bonds is 1. The number of aryl methyl sites for hydroxylation is 1. The number of aromatic nitrogens is 1. The summed E-state index contributed by atoms with van der Waals surface area (Å²) in [6.45, 7) is 36.6. The van der Waals surface area contributed by atoms with Gasteiger partial charge >= 0.3 is 6.85 Å². The molecule has 0 N–H and O–H groups in total. The van der Waals surface area contributed by atoms with E-state index in [2.05, 4.69) is 210 Å². The molecule has 5 heterocycles. The van der Waals surface area contributed by atoms with Crippen LogP contribution >= 0.6 is 22.7 Å². The Kier molecular flexibility index (Phi) is 8.85. The summed E-state index contributed by atoms with van der Waals surface area (Å²) < 4.78 is 8.28. The van der Waals surface area contributed by atoms with Crippen molar-refractivity contribution in [3.05, 3.63) is 136 Å². The quantitative estimate of drug-likeness (QED) is 0.149. The molecule has 72 heavy (non-hydrogen) atoms. The van der Waals surface area contributed by atoms with Crippen LogP contribution in [-0.2, 0) is 32.5 Å². The van der Waals surface area contributed by atoms with Crippen LogP contribution in [0.2, 0.25) is 0 Å². The minimum Gasteiger partial charge on any atom is -0.376 e. The molecule has 7 aromatic carbocycles. The highest BCUT2D eigenvalue weighted by Crippen LogP contribution is 2.57. The van der Waals surface area contributed by atoms with Gasteiger partial charge in [-0.2, -0.15) is 0 Å². The largest absolute Gasteiger partial charge is 0.376 e. The summed E-state index contributed by atoms with van der Waals surface area (Å²) in [6, 6.07) is 40.1.